The standard InChI is InChI=1S/C21H35N3O5/c1-21(2,3)29-20(27)23-16(13-8-6-5-7-9-13)18(25)24-11-10-15-17(24)14(12-22-15)19(26)28-4/h13-17,22H,5-12H2,1-4H3,(H,23,27)/t14-,15+,16-,17+/m0/s1. The number of amides is 2. The minimum absolute atomic E-state index is 0.0914. The first-order valence-corrected chi connectivity index (χ1v) is 10.8. The molecule has 8 nitrogen and oxygen atoms in total. The second-order valence-corrected chi connectivity index (χ2v) is 9.48. The van der Waals surface area contributed by atoms with Crippen LogP contribution in [-0.4, -0.2) is 66.8 Å². The van der Waals surface area contributed by atoms with E-state index in [0.29, 0.717) is 13.1 Å². The number of methoxy groups -OCH3 is 1. The first-order valence-electron chi connectivity index (χ1n) is 10.8. The van der Waals surface area contributed by atoms with E-state index >= 15 is 0 Å². The van der Waals surface area contributed by atoms with Crippen LogP contribution in [0.15, 0.2) is 0 Å². The summed E-state index contributed by atoms with van der Waals surface area (Å²) < 4.78 is 10.4. The number of rotatable bonds is 4. The zero-order chi connectivity index (χ0) is 21.2. The van der Waals surface area contributed by atoms with Crippen molar-refractivity contribution < 1.29 is 23.9 Å². The lowest BCUT2D eigenvalue weighted by Gasteiger charge is -2.36. The van der Waals surface area contributed by atoms with Gasteiger partial charge in [0.25, 0.3) is 0 Å². The molecule has 3 aliphatic rings. The highest BCUT2D eigenvalue weighted by Gasteiger charge is 2.51. The second-order valence-electron chi connectivity index (χ2n) is 9.48. The molecule has 2 heterocycles. The molecule has 0 unspecified atom stereocenters. The average molecular weight is 410 g/mol. The lowest BCUT2D eigenvalue weighted by Crippen LogP contribution is -2.56. The Balaban J connectivity index is 1.78. The van der Waals surface area contributed by atoms with Crippen LogP contribution >= 0.6 is 0 Å². The van der Waals surface area contributed by atoms with Gasteiger partial charge in [0.05, 0.1) is 19.1 Å². The Kier molecular flexibility index (Phi) is 6.71. The summed E-state index contributed by atoms with van der Waals surface area (Å²) in [7, 11) is 1.38. The van der Waals surface area contributed by atoms with Crippen LogP contribution in [0.25, 0.3) is 0 Å². The number of hydrogen-bond donors (Lipinski definition) is 2. The summed E-state index contributed by atoms with van der Waals surface area (Å²) in [6, 6.07) is -0.749. The molecule has 2 aliphatic heterocycles. The van der Waals surface area contributed by atoms with Crippen molar-refractivity contribution in [3.63, 3.8) is 0 Å². The van der Waals surface area contributed by atoms with Crippen LogP contribution in [0.2, 0.25) is 0 Å². The van der Waals surface area contributed by atoms with Gasteiger partial charge in [-0.15, -0.1) is 0 Å². The smallest absolute Gasteiger partial charge is 0.408 e. The van der Waals surface area contributed by atoms with Gasteiger partial charge < -0.3 is 25.0 Å². The third kappa shape index (κ3) is 5.02. The summed E-state index contributed by atoms with van der Waals surface area (Å²) >= 11 is 0. The fourth-order valence-corrected chi connectivity index (χ4v) is 5.03. The van der Waals surface area contributed by atoms with Crippen molar-refractivity contribution in [2.45, 2.75) is 83.0 Å². The Morgan fingerprint density at radius 3 is 2.41 bits per heavy atom. The molecule has 0 aromatic heterocycles. The SMILES string of the molecule is COC(=O)[C@H]1CN[C@@H]2CCN(C(=O)[C@@H](NC(=O)OC(C)(C)C)C3CCCCC3)[C@H]12. The van der Waals surface area contributed by atoms with Gasteiger partial charge in [0.2, 0.25) is 5.91 Å². The molecule has 1 aliphatic carbocycles. The lowest BCUT2D eigenvalue weighted by molar-refractivity contribution is -0.148. The molecule has 1 saturated carbocycles. The molecule has 0 bridgehead atoms. The van der Waals surface area contributed by atoms with Gasteiger partial charge in [0.1, 0.15) is 11.6 Å². The highest BCUT2D eigenvalue weighted by atomic mass is 16.6. The fraction of sp³-hybridized carbons (Fsp3) is 0.857. The van der Waals surface area contributed by atoms with E-state index in [9.17, 15) is 14.4 Å². The Labute approximate surface area is 173 Å². The fourth-order valence-electron chi connectivity index (χ4n) is 5.03. The summed E-state index contributed by atoms with van der Waals surface area (Å²) in [6.45, 7) is 6.51. The molecule has 3 fully saturated rings. The van der Waals surface area contributed by atoms with E-state index < -0.39 is 17.7 Å². The zero-order valence-electron chi connectivity index (χ0n) is 18.0. The molecule has 0 spiro atoms. The van der Waals surface area contributed by atoms with E-state index in [1.165, 1.54) is 7.11 Å². The molecule has 29 heavy (non-hydrogen) atoms. The summed E-state index contributed by atoms with van der Waals surface area (Å²) in [5.41, 5.74) is -0.631. The molecular formula is C21H35N3O5. The van der Waals surface area contributed by atoms with Gasteiger partial charge in [0, 0.05) is 19.1 Å². The van der Waals surface area contributed by atoms with Gasteiger partial charge in [-0.3, -0.25) is 9.59 Å². The third-order valence-electron chi connectivity index (χ3n) is 6.31. The number of fused-ring (bicyclic) bond motifs is 1. The predicted molar refractivity (Wildman–Crippen MR) is 107 cm³/mol. The summed E-state index contributed by atoms with van der Waals surface area (Å²) in [5.74, 6) is -0.675. The molecule has 2 saturated heterocycles. The maximum atomic E-state index is 13.6. The van der Waals surface area contributed by atoms with E-state index in [1.54, 1.807) is 25.7 Å². The number of nitrogens with zero attached hydrogens (tertiary/aromatic N) is 1. The van der Waals surface area contributed by atoms with Crippen molar-refractivity contribution in [2.75, 3.05) is 20.2 Å². The predicted octanol–water partition coefficient (Wildman–Crippen LogP) is 1.82. The van der Waals surface area contributed by atoms with E-state index in [1.807, 2.05) is 0 Å². The summed E-state index contributed by atoms with van der Waals surface area (Å²) in [4.78, 5) is 40.1. The quantitative estimate of drug-likeness (QED) is 0.688. The van der Waals surface area contributed by atoms with Crippen LogP contribution in [0, 0.1) is 11.8 Å². The molecule has 2 N–H and O–H groups in total. The zero-order valence-corrected chi connectivity index (χ0v) is 18.0. The normalized spacial score (nSPS) is 28.6. The Morgan fingerprint density at radius 2 is 1.79 bits per heavy atom. The monoisotopic (exact) mass is 409 g/mol. The number of likely N-dealkylation sites (tertiary alicyclic amines) is 1. The third-order valence-corrected chi connectivity index (χ3v) is 6.31. The number of ether oxygens (including phenoxy) is 2. The van der Waals surface area contributed by atoms with Crippen molar-refractivity contribution in [2.24, 2.45) is 11.8 Å². The number of alkyl carbamates (subject to hydrolysis) is 1. The number of nitrogens with one attached hydrogen (secondary N) is 2. The highest BCUT2D eigenvalue weighted by Crippen LogP contribution is 2.33. The Bertz CT molecular complexity index is 626. The molecule has 0 aromatic rings. The van der Waals surface area contributed by atoms with Crippen LogP contribution in [0.1, 0.15) is 59.3 Å². The van der Waals surface area contributed by atoms with E-state index in [4.69, 9.17) is 9.47 Å². The van der Waals surface area contributed by atoms with Crippen LogP contribution in [0.5, 0.6) is 0 Å². The van der Waals surface area contributed by atoms with Crippen LogP contribution in [0.4, 0.5) is 4.79 Å². The summed E-state index contributed by atoms with van der Waals surface area (Å²) in [5, 5.41) is 6.22. The van der Waals surface area contributed by atoms with E-state index in [0.717, 1.165) is 38.5 Å². The molecule has 3 rings (SSSR count). The molecule has 0 aromatic carbocycles. The van der Waals surface area contributed by atoms with Gasteiger partial charge >= 0.3 is 12.1 Å². The first-order chi connectivity index (χ1) is 13.7. The molecule has 2 amide bonds. The Morgan fingerprint density at radius 1 is 1.10 bits per heavy atom. The minimum Gasteiger partial charge on any atom is -0.469 e. The maximum absolute atomic E-state index is 13.6. The second kappa shape index (κ2) is 8.90. The van der Waals surface area contributed by atoms with Crippen molar-refractivity contribution in [3.8, 4) is 0 Å². The van der Waals surface area contributed by atoms with Crippen molar-refractivity contribution in [1.82, 2.24) is 15.5 Å². The van der Waals surface area contributed by atoms with Crippen LogP contribution < -0.4 is 10.6 Å². The molecule has 164 valence electrons. The van der Waals surface area contributed by atoms with Gasteiger partial charge in [0.15, 0.2) is 0 Å². The number of carbonyl (C=O) groups excluding carboxylic acids is 3. The highest BCUT2D eigenvalue weighted by molar-refractivity contribution is 5.87. The molecule has 8 heteroatoms. The molecule has 0 radical (unpaired) electrons. The minimum atomic E-state index is -0.631. The van der Waals surface area contributed by atoms with Gasteiger partial charge in [-0.1, -0.05) is 19.3 Å². The van der Waals surface area contributed by atoms with Gasteiger partial charge in [-0.25, -0.2) is 4.79 Å². The molecule has 4 atom stereocenters. The number of esters is 1. The van der Waals surface area contributed by atoms with Crippen LogP contribution in [0.3, 0.4) is 0 Å². The maximum Gasteiger partial charge on any atom is 0.408 e. The summed E-state index contributed by atoms with van der Waals surface area (Å²) in [6.07, 6.45) is 5.33. The largest absolute Gasteiger partial charge is 0.469 e. The van der Waals surface area contributed by atoms with Crippen LogP contribution in [-0.2, 0) is 19.1 Å². The van der Waals surface area contributed by atoms with E-state index in [-0.39, 0.29) is 35.8 Å². The molecular weight excluding hydrogens is 374 g/mol. The number of hydrogen-bond acceptors (Lipinski definition) is 6. The van der Waals surface area contributed by atoms with Crippen molar-refractivity contribution >= 4 is 18.0 Å². The van der Waals surface area contributed by atoms with Crippen molar-refractivity contribution in [1.29, 1.82) is 0 Å². The van der Waals surface area contributed by atoms with Gasteiger partial charge in [-0.2, -0.15) is 0 Å². The number of carbonyl (C=O) groups is 3. The lowest BCUT2D eigenvalue weighted by atomic mass is 9.83. The Hall–Kier alpha value is -1.83. The average Bonchev–Trinajstić information content (AvgIpc) is 3.26. The van der Waals surface area contributed by atoms with E-state index in [2.05, 4.69) is 10.6 Å². The first kappa shape index (κ1) is 21.9. The van der Waals surface area contributed by atoms with Crippen molar-refractivity contribution in [3.05, 3.63) is 0 Å². The van der Waals surface area contributed by atoms with Gasteiger partial charge in [-0.05, 0) is 46.0 Å². The topological polar surface area (TPSA) is 97.0 Å².